The fourth-order valence-corrected chi connectivity index (χ4v) is 2.50. The van der Waals surface area contributed by atoms with Gasteiger partial charge in [0, 0.05) is 18.7 Å². The number of nitrogens with one attached hydrogen (secondary N) is 1. The number of hydrogen-bond acceptors (Lipinski definition) is 3. The van der Waals surface area contributed by atoms with E-state index >= 15 is 0 Å². The Labute approximate surface area is 124 Å². The maximum Gasteiger partial charge on any atom is 0.307 e. The van der Waals surface area contributed by atoms with Crippen LogP contribution in [0.25, 0.3) is 0 Å². The number of anilines is 1. The van der Waals surface area contributed by atoms with Crippen LogP contribution in [0.15, 0.2) is 24.3 Å². The van der Waals surface area contributed by atoms with Crippen LogP contribution in [0.4, 0.5) is 5.69 Å². The number of rotatable bonds is 6. The van der Waals surface area contributed by atoms with Gasteiger partial charge in [0.2, 0.25) is 5.91 Å². The second-order valence-corrected chi connectivity index (χ2v) is 5.30. The fourth-order valence-electron chi connectivity index (χ4n) is 2.50. The fraction of sp³-hybridized carbons (Fsp3) is 0.500. The maximum atomic E-state index is 12.0. The van der Waals surface area contributed by atoms with Crippen molar-refractivity contribution in [3.63, 3.8) is 0 Å². The van der Waals surface area contributed by atoms with Crippen LogP contribution < -0.4 is 5.32 Å². The molecule has 1 saturated heterocycles. The van der Waals surface area contributed by atoms with Crippen LogP contribution in [-0.4, -0.2) is 29.7 Å². The highest BCUT2D eigenvalue weighted by molar-refractivity contribution is 5.92. The minimum atomic E-state index is -0.910. The van der Waals surface area contributed by atoms with Gasteiger partial charge in [-0.2, -0.15) is 0 Å². The summed E-state index contributed by atoms with van der Waals surface area (Å²) in [5.74, 6) is -1.01. The number of carboxylic acids is 1. The molecular weight excluding hydrogens is 270 g/mol. The number of ether oxygens (including phenoxy) is 1. The van der Waals surface area contributed by atoms with E-state index in [1.54, 1.807) is 24.3 Å². The van der Waals surface area contributed by atoms with Gasteiger partial charge in [-0.25, -0.2) is 0 Å². The van der Waals surface area contributed by atoms with Crippen molar-refractivity contribution in [2.45, 2.75) is 44.6 Å². The molecule has 1 amide bonds. The molecular formula is C16H21NO4. The van der Waals surface area contributed by atoms with Crippen molar-refractivity contribution >= 4 is 17.6 Å². The number of carbonyl (C=O) groups excluding carboxylic acids is 1. The quantitative estimate of drug-likeness (QED) is 0.844. The first kappa shape index (κ1) is 15.5. The highest BCUT2D eigenvalue weighted by atomic mass is 16.5. The third kappa shape index (κ3) is 5.19. The van der Waals surface area contributed by atoms with Crippen LogP contribution in [0.2, 0.25) is 0 Å². The first-order valence-corrected chi connectivity index (χ1v) is 7.36. The van der Waals surface area contributed by atoms with Gasteiger partial charge in [-0.05, 0) is 37.3 Å². The van der Waals surface area contributed by atoms with E-state index in [0.29, 0.717) is 24.1 Å². The lowest BCUT2D eigenvalue weighted by atomic mass is 10.0. The first-order chi connectivity index (χ1) is 10.1. The van der Waals surface area contributed by atoms with Gasteiger partial charge in [0.05, 0.1) is 12.5 Å². The van der Waals surface area contributed by atoms with Crippen LogP contribution in [0.3, 0.4) is 0 Å². The average Bonchev–Trinajstić information content (AvgIpc) is 2.48. The molecule has 2 N–H and O–H groups in total. The summed E-state index contributed by atoms with van der Waals surface area (Å²) >= 11 is 0. The van der Waals surface area contributed by atoms with Gasteiger partial charge in [-0.15, -0.1) is 0 Å². The number of para-hydroxylation sites is 1. The van der Waals surface area contributed by atoms with Crippen molar-refractivity contribution in [2.75, 3.05) is 11.9 Å². The number of amides is 1. The topological polar surface area (TPSA) is 75.6 Å². The van der Waals surface area contributed by atoms with Gasteiger partial charge in [0.25, 0.3) is 0 Å². The summed E-state index contributed by atoms with van der Waals surface area (Å²) in [5.41, 5.74) is 1.20. The van der Waals surface area contributed by atoms with E-state index in [9.17, 15) is 9.59 Å². The molecule has 1 fully saturated rings. The van der Waals surface area contributed by atoms with Crippen LogP contribution in [-0.2, 0) is 20.7 Å². The highest BCUT2D eigenvalue weighted by Gasteiger charge is 2.16. The van der Waals surface area contributed by atoms with Crippen molar-refractivity contribution in [1.82, 2.24) is 0 Å². The van der Waals surface area contributed by atoms with Crippen molar-refractivity contribution < 1.29 is 19.4 Å². The normalized spacial score (nSPS) is 18.2. The third-order valence-corrected chi connectivity index (χ3v) is 3.60. The zero-order valence-electron chi connectivity index (χ0n) is 12.0. The van der Waals surface area contributed by atoms with Crippen LogP contribution in [0.5, 0.6) is 0 Å². The largest absolute Gasteiger partial charge is 0.481 e. The molecule has 1 aromatic rings. The Bertz CT molecular complexity index is 495. The zero-order chi connectivity index (χ0) is 15.1. The maximum absolute atomic E-state index is 12.0. The van der Waals surface area contributed by atoms with Gasteiger partial charge >= 0.3 is 5.97 Å². The molecule has 2 rings (SSSR count). The number of carbonyl (C=O) groups is 2. The Morgan fingerprint density at radius 3 is 2.81 bits per heavy atom. The summed E-state index contributed by atoms with van der Waals surface area (Å²) in [7, 11) is 0. The second kappa shape index (κ2) is 7.78. The molecule has 0 aliphatic carbocycles. The van der Waals surface area contributed by atoms with Crippen LogP contribution in [0.1, 0.15) is 37.7 Å². The number of hydrogen-bond donors (Lipinski definition) is 2. The van der Waals surface area contributed by atoms with Crippen LogP contribution in [0, 0.1) is 0 Å². The molecule has 5 nitrogen and oxygen atoms in total. The molecule has 1 aliphatic rings. The summed E-state index contributed by atoms with van der Waals surface area (Å²) < 4.78 is 5.60. The molecule has 1 aliphatic heterocycles. The molecule has 1 aromatic carbocycles. The van der Waals surface area contributed by atoms with E-state index in [1.807, 2.05) is 0 Å². The number of aliphatic carboxylic acids is 1. The Morgan fingerprint density at radius 2 is 2.10 bits per heavy atom. The Hall–Kier alpha value is -1.88. The standard InChI is InChI=1S/C16H21NO4/c18-15(9-8-13-6-3-4-10-21-13)17-14-7-2-1-5-12(14)11-16(19)20/h1-2,5,7,13H,3-4,6,8-11H2,(H,17,18)(H,19,20). The Balaban J connectivity index is 1.85. The van der Waals surface area contributed by atoms with E-state index in [1.165, 1.54) is 0 Å². The van der Waals surface area contributed by atoms with E-state index in [4.69, 9.17) is 9.84 Å². The molecule has 1 unspecified atom stereocenters. The summed E-state index contributed by atoms with van der Waals surface area (Å²) in [6, 6.07) is 7.00. The minimum absolute atomic E-state index is 0.0951. The molecule has 0 aromatic heterocycles. The number of carboxylic acid groups (broad SMARTS) is 1. The predicted octanol–water partition coefficient (Wildman–Crippen LogP) is 2.60. The van der Waals surface area contributed by atoms with E-state index in [0.717, 1.165) is 25.9 Å². The first-order valence-electron chi connectivity index (χ1n) is 7.36. The summed E-state index contributed by atoms with van der Waals surface area (Å²) in [4.78, 5) is 22.8. The molecule has 1 atom stereocenters. The highest BCUT2D eigenvalue weighted by Crippen LogP contribution is 2.19. The monoisotopic (exact) mass is 291 g/mol. The van der Waals surface area contributed by atoms with Gasteiger partial charge in [-0.3, -0.25) is 9.59 Å². The summed E-state index contributed by atoms with van der Waals surface area (Å²) in [5, 5.41) is 11.7. The average molecular weight is 291 g/mol. The van der Waals surface area contributed by atoms with Crippen molar-refractivity contribution in [2.24, 2.45) is 0 Å². The molecule has 21 heavy (non-hydrogen) atoms. The smallest absolute Gasteiger partial charge is 0.307 e. The molecule has 0 saturated carbocycles. The van der Waals surface area contributed by atoms with E-state index in [2.05, 4.69) is 5.32 Å². The van der Waals surface area contributed by atoms with E-state index in [-0.39, 0.29) is 18.4 Å². The molecule has 114 valence electrons. The molecule has 0 radical (unpaired) electrons. The van der Waals surface area contributed by atoms with Gasteiger partial charge < -0.3 is 15.2 Å². The molecule has 1 heterocycles. The SMILES string of the molecule is O=C(O)Cc1ccccc1NC(=O)CCC1CCCCO1. The zero-order valence-corrected chi connectivity index (χ0v) is 12.0. The number of benzene rings is 1. The van der Waals surface area contributed by atoms with Crippen molar-refractivity contribution in [1.29, 1.82) is 0 Å². The summed E-state index contributed by atoms with van der Waals surface area (Å²) in [6.07, 6.45) is 4.47. The lowest BCUT2D eigenvalue weighted by molar-refractivity contribution is -0.136. The summed E-state index contributed by atoms with van der Waals surface area (Å²) in [6.45, 7) is 0.785. The third-order valence-electron chi connectivity index (χ3n) is 3.60. The lowest BCUT2D eigenvalue weighted by Gasteiger charge is -2.22. The minimum Gasteiger partial charge on any atom is -0.481 e. The Kier molecular flexibility index (Phi) is 5.75. The second-order valence-electron chi connectivity index (χ2n) is 5.30. The van der Waals surface area contributed by atoms with Crippen molar-refractivity contribution in [3.8, 4) is 0 Å². The van der Waals surface area contributed by atoms with Crippen LogP contribution >= 0.6 is 0 Å². The molecule has 0 spiro atoms. The lowest BCUT2D eigenvalue weighted by Crippen LogP contribution is -2.22. The molecule has 5 heteroatoms. The molecule has 0 bridgehead atoms. The van der Waals surface area contributed by atoms with Gasteiger partial charge in [0.1, 0.15) is 0 Å². The van der Waals surface area contributed by atoms with Gasteiger partial charge in [0.15, 0.2) is 0 Å². The Morgan fingerprint density at radius 1 is 1.29 bits per heavy atom. The predicted molar refractivity (Wildman–Crippen MR) is 79.2 cm³/mol. The van der Waals surface area contributed by atoms with Gasteiger partial charge in [-0.1, -0.05) is 18.2 Å². The van der Waals surface area contributed by atoms with Crippen molar-refractivity contribution in [3.05, 3.63) is 29.8 Å². The van der Waals surface area contributed by atoms with E-state index < -0.39 is 5.97 Å².